The maximum atomic E-state index is 4.62. The average molecular weight is 322 g/mol. The summed E-state index contributed by atoms with van der Waals surface area (Å²) in [5.41, 5.74) is 2.91. The monoisotopic (exact) mass is 322 g/mol. The minimum absolute atomic E-state index is 0.542. The second-order valence-electron chi connectivity index (χ2n) is 7.83. The molecular weight excluding hydrogens is 296 g/mol. The van der Waals surface area contributed by atoms with Gasteiger partial charge >= 0.3 is 0 Å². The van der Waals surface area contributed by atoms with Crippen molar-refractivity contribution in [2.24, 2.45) is 0 Å². The fourth-order valence-corrected chi connectivity index (χ4v) is 4.31. The van der Waals surface area contributed by atoms with E-state index in [4.69, 9.17) is 0 Å². The minimum atomic E-state index is 0.542. The number of hydrogen-bond donors (Lipinski definition) is 0. The van der Waals surface area contributed by atoms with Crippen LogP contribution in [0.4, 0.5) is 0 Å². The Kier molecular flexibility index (Phi) is 3.47. The van der Waals surface area contributed by atoms with Crippen LogP contribution in [0.5, 0.6) is 0 Å². The molecule has 0 unspecified atom stereocenters. The van der Waals surface area contributed by atoms with Gasteiger partial charge in [0.05, 0.1) is 6.54 Å². The largest absolute Gasteiger partial charge is 0.311 e. The van der Waals surface area contributed by atoms with Crippen LogP contribution >= 0.6 is 0 Å². The van der Waals surface area contributed by atoms with Crippen molar-refractivity contribution in [1.82, 2.24) is 19.7 Å². The van der Waals surface area contributed by atoms with Crippen LogP contribution in [0.1, 0.15) is 79.3 Å². The summed E-state index contributed by atoms with van der Waals surface area (Å²) in [6, 6.07) is 10.1. The van der Waals surface area contributed by atoms with Gasteiger partial charge in [-0.2, -0.15) is 0 Å². The number of aromatic nitrogens is 3. The van der Waals surface area contributed by atoms with E-state index < -0.39 is 0 Å². The third-order valence-electron chi connectivity index (χ3n) is 5.90. The number of aryl methyl sites for hydroxylation is 1. The Hall–Kier alpha value is -1.68. The van der Waals surface area contributed by atoms with Crippen LogP contribution in [0.25, 0.3) is 0 Å². The van der Waals surface area contributed by atoms with E-state index in [1.165, 1.54) is 67.8 Å². The van der Waals surface area contributed by atoms with E-state index in [0.29, 0.717) is 18.0 Å². The van der Waals surface area contributed by atoms with Crippen molar-refractivity contribution in [1.29, 1.82) is 0 Å². The zero-order valence-electron chi connectivity index (χ0n) is 14.5. The molecule has 0 bridgehead atoms. The topological polar surface area (TPSA) is 34.0 Å². The highest BCUT2D eigenvalue weighted by molar-refractivity contribution is 5.29. The molecule has 126 valence electrons. The molecule has 2 aliphatic carbocycles. The van der Waals surface area contributed by atoms with Crippen LogP contribution in [0.15, 0.2) is 24.3 Å². The van der Waals surface area contributed by atoms with Crippen molar-refractivity contribution in [3.63, 3.8) is 0 Å². The Morgan fingerprint density at radius 3 is 2.62 bits per heavy atom. The molecule has 2 heterocycles. The second-order valence-corrected chi connectivity index (χ2v) is 7.83. The molecule has 1 aromatic carbocycles. The van der Waals surface area contributed by atoms with Gasteiger partial charge in [0.1, 0.15) is 11.6 Å². The molecule has 0 radical (unpaired) electrons. The van der Waals surface area contributed by atoms with Crippen molar-refractivity contribution in [2.45, 2.75) is 70.0 Å². The van der Waals surface area contributed by atoms with Crippen molar-refractivity contribution in [2.75, 3.05) is 6.54 Å². The van der Waals surface area contributed by atoms with Gasteiger partial charge in [0.25, 0.3) is 0 Å². The van der Waals surface area contributed by atoms with Crippen molar-refractivity contribution >= 4 is 0 Å². The summed E-state index contributed by atoms with van der Waals surface area (Å²) in [5, 5.41) is 9.21. The Labute approximate surface area is 143 Å². The molecule has 24 heavy (non-hydrogen) atoms. The van der Waals surface area contributed by atoms with E-state index in [0.717, 1.165) is 6.54 Å². The van der Waals surface area contributed by atoms with Crippen molar-refractivity contribution < 1.29 is 0 Å². The first-order valence-electron chi connectivity index (χ1n) is 9.54. The molecule has 4 nitrogen and oxygen atoms in total. The lowest BCUT2D eigenvalue weighted by atomic mass is 9.99. The van der Waals surface area contributed by atoms with Crippen LogP contribution in [0.3, 0.4) is 0 Å². The number of rotatable bonds is 5. The Balaban J connectivity index is 1.42. The highest BCUT2D eigenvalue weighted by atomic mass is 15.3. The molecule has 1 aliphatic heterocycles. The maximum absolute atomic E-state index is 4.62. The molecular formula is C20H26N4. The van der Waals surface area contributed by atoms with Gasteiger partial charge in [-0.05, 0) is 63.1 Å². The molecule has 1 aromatic heterocycles. The Morgan fingerprint density at radius 2 is 1.88 bits per heavy atom. The second kappa shape index (κ2) is 5.69. The molecule has 3 fully saturated rings. The summed E-state index contributed by atoms with van der Waals surface area (Å²) in [5.74, 6) is 3.18. The van der Waals surface area contributed by atoms with Gasteiger partial charge in [-0.25, -0.2) is 0 Å². The summed E-state index contributed by atoms with van der Waals surface area (Å²) in [4.78, 5) is 2.63. The van der Waals surface area contributed by atoms with Crippen LogP contribution < -0.4 is 0 Å². The Bertz CT molecular complexity index is 742. The average Bonchev–Trinajstić information content (AvgIpc) is 3.52. The van der Waals surface area contributed by atoms with E-state index in [-0.39, 0.29) is 0 Å². The molecule has 2 saturated carbocycles. The van der Waals surface area contributed by atoms with Crippen LogP contribution in [-0.2, 0) is 6.54 Å². The lowest BCUT2D eigenvalue weighted by molar-refractivity contribution is 0.237. The van der Waals surface area contributed by atoms with Crippen LogP contribution in [0, 0.1) is 6.92 Å². The molecule has 0 amide bonds. The maximum Gasteiger partial charge on any atom is 0.147 e. The molecule has 0 spiro atoms. The minimum Gasteiger partial charge on any atom is -0.311 e. The quantitative estimate of drug-likeness (QED) is 0.830. The van der Waals surface area contributed by atoms with E-state index in [2.05, 4.69) is 50.9 Å². The molecule has 5 rings (SSSR count). The molecule has 4 heteroatoms. The van der Waals surface area contributed by atoms with Gasteiger partial charge in [-0.3, -0.25) is 4.90 Å². The van der Waals surface area contributed by atoms with Gasteiger partial charge in [0.2, 0.25) is 0 Å². The van der Waals surface area contributed by atoms with E-state index in [1.54, 1.807) is 0 Å². The molecule has 3 aliphatic rings. The number of likely N-dealkylation sites (tertiary alicyclic amines) is 1. The fraction of sp³-hybridized carbons (Fsp3) is 0.600. The normalized spacial score (nSPS) is 24.6. The highest BCUT2D eigenvalue weighted by Crippen LogP contribution is 2.45. The van der Waals surface area contributed by atoms with E-state index in [9.17, 15) is 0 Å². The standard InChI is InChI=1S/C20H26N4/c1-14-5-2-3-6-17(14)18-7-4-12-23(18)13-19-21-22-20(15-8-9-15)24(19)16-10-11-16/h2-3,5-6,15-16,18H,4,7-13H2,1H3/t18-/m1/s1. The SMILES string of the molecule is Cc1ccccc1[C@H]1CCCN1Cc1nnc(C2CC2)n1C1CC1. The first kappa shape index (κ1) is 14.6. The number of nitrogens with zero attached hydrogens (tertiary/aromatic N) is 4. The molecule has 2 aromatic rings. The third kappa shape index (κ3) is 2.57. The smallest absolute Gasteiger partial charge is 0.147 e. The summed E-state index contributed by atoms with van der Waals surface area (Å²) >= 11 is 0. The molecule has 0 N–H and O–H groups in total. The summed E-state index contributed by atoms with van der Waals surface area (Å²) in [6.07, 6.45) is 7.78. The highest BCUT2D eigenvalue weighted by Gasteiger charge is 2.37. The first-order chi connectivity index (χ1) is 11.8. The Morgan fingerprint density at radius 1 is 1.04 bits per heavy atom. The lowest BCUT2D eigenvalue weighted by Crippen LogP contribution is -2.25. The summed E-state index contributed by atoms with van der Waals surface area (Å²) in [6.45, 7) is 4.37. The zero-order valence-corrected chi connectivity index (χ0v) is 14.5. The predicted molar refractivity (Wildman–Crippen MR) is 93.8 cm³/mol. The third-order valence-corrected chi connectivity index (χ3v) is 5.90. The van der Waals surface area contributed by atoms with Gasteiger partial charge in [-0.1, -0.05) is 24.3 Å². The van der Waals surface area contributed by atoms with Gasteiger partial charge in [-0.15, -0.1) is 10.2 Å². The number of benzene rings is 1. The van der Waals surface area contributed by atoms with E-state index >= 15 is 0 Å². The first-order valence-corrected chi connectivity index (χ1v) is 9.54. The van der Waals surface area contributed by atoms with Crippen molar-refractivity contribution in [3.05, 3.63) is 47.0 Å². The summed E-state index contributed by atoms with van der Waals surface area (Å²) in [7, 11) is 0. The van der Waals surface area contributed by atoms with Gasteiger partial charge in [0, 0.05) is 18.0 Å². The van der Waals surface area contributed by atoms with Gasteiger partial charge < -0.3 is 4.57 Å². The van der Waals surface area contributed by atoms with Crippen molar-refractivity contribution in [3.8, 4) is 0 Å². The van der Waals surface area contributed by atoms with E-state index in [1.807, 2.05) is 0 Å². The van der Waals surface area contributed by atoms with Gasteiger partial charge in [0.15, 0.2) is 0 Å². The molecule has 1 atom stereocenters. The van der Waals surface area contributed by atoms with Crippen LogP contribution in [0.2, 0.25) is 0 Å². The lowest BCUT2D eigenvalue weighted by Gasteiger charge is -2.26. The van der Waals surface area contributed by atoms with Crippen LogP contribution in [-0.4, -0.2) is 26.2 Å². The zero-order chi connectivity index (χ0) is 16.1. The molecule has 1 saturated heterocycles. The fourth-order valence-electron chi connectivity index (χ4n) is 4.31. The predicted octanol–water partition coefficient (Wildman–Crippen LogP) is 4.14. The number of hydrogen-bond acceptors (Lipinski definition) is 3. The summed E-state index contributed by atoms with van der Waals surface area (Å²) < 4.78 is 2.50.